The van der Waals surface area contributed by atoms with E-state index in [1.54, 1.807) is 30.3 Å². The van der Waals surface area contributed by atoms with Crippen LogP contribution < -0.4 is 16.2 Å². The van der Waals surface area contributed by atoms with Gasteiger partial charge in [0.05, 0.1) is 10.5 Å². The highest BCUT2D eigenvalue weighted by molar-refractivity contribution is 6.35. The zero-order valence-electron chi connectivity index (χ0n) is 13.2. The van der Waals surface area contributed by atoms with Crippen molar-refractivity contribution in [3.63, 3.8) is 0 Å². The van der Waals surface area contributed by atoms with Crippen molar-refractivity contribution in [1.82, 2.24) is 14.9 Å². The van der Waals surface area contributed by atoms with Gasteiger partial charge in [-0.15, -0.1) is 0 Å². The number of aromatic amines is 1. The van der Waals surface area contributed by atoms with Crippen LogP contribution in [0.25, 0.3) is 10.9 Å². The number of nitrogens with one attached hydrogen (secondary N) is 2. The van der Waals surface area contributed by atoms with Gasteiger partial charge in [0, 0.05) is 42.5 Å². The summed E-state index contributed by atoms with van der Waals surface area (Å²) in [5.74, 6) is -0.0304. The molecule has 0 unspecified atom stereocenters. The molecule has 0 aliphatic heterocycles. The Morgan fingerprint density at radius 1 is 1.36 bits per heavy atom. The second-order valence-corrected chi connectivity index (χ2v) is 5.74. The molecule has 0 radical (unpaired) electrons. The van der Waals surface area contributed by atoms with Gasteiger partial charge in [-0.25, -0.2) is 4.98 Å². The molecule has 6 N–H and O–H groups in total. The number of carbonyl (C=O) groups is 1. The monoisotopic (exact) mass is 358 g/mol. The van der Waals surface area contributed by atoms with Gasteiger partial charge in [-0.3, -0.25) is 15.1 Å². The van der Waals surface area contributed by atoms with E-state index in [0.29, 0.717) is 33.2 Å². The second-order valence-electron chi connectivity index (χ2n) is 5.33. The quantitative estimate of drug-likeness (QED) is 0.421. The average Bonchev–Trinajstić information content (AvgIpc) is 2.98. The van der Waals surface area contributed by atoms with E-state index in [2.05, 4.69) is 9.97 Å². The predicted octanol–water partition coefficient (Wildman–Crippen LogP) is 2.56. The van der Waals surface area contributed by atoms with E-state index in [1.807, 2.05) is 0 Å². The second kappa shape index (κ2) is 6.33. The van der Waals surface area contributed by atoms with E-state index < -0.39 is 5.91 Å². The highest BCUT2D eigenvalue weighted by atomic mass is 35.5. The van der Waals surface area contributed by atoms with Gasteiger partial charge in [-0.2, -0.15) is 0 Å². The molecule has 0 saturated heterocycles. The Balaban J connectivity index is 1.96. The molecule has 3 rings (SSSR count). The summed E-state index contributed by atoms with van der Waals surface area (Å²) < 4.78 is 5.66. The number of carbonyl (C=O) groups excluding carboxylic acids is 1. The lowest BCUT2D eigenvalue weighted by Gasteiger charge is -2.12. The van der Waals surface area contributed by atoms with Crippen LogP contribution >= 0.6 is 11.6 Å². The Morgan fingerprint density at radius 2 is 2.12 bits per heavy atom. The number of H-pyrrole nitrogens is 1. The molecule has 8 nitrogen and oxygen atoms in total. The largest absolute Gasteiger partial charge is 0.439 e. The van der Waals surface area contributed by atoms with E-state index in [4.69, 9.17) is 33.2 Å². The Kier molecular flexibility index (Phi) is 4.20. The Hall–Kier alpha value is -3.26. The van der Waals surface area contributed by atoms with E-state index in [9.17, 15) is 4.79 Å². The molecule has 128 valence electrons. The van der Waals surface area contributed by atoms with Crippen molar-refractivity contribution < 1.29 is 9.53 Å². The molecule has 0 fully saturated rings. The lowest BCUT2D eigenvalue weighted by atomic mass is 10.2. The fourth-order valence-corrected chi connectivity index (χ4v) is 2.50. The molecule has 0 bridgehead atoms. The first kappa shape index (κ1) is 16.6. The molecular weight excluding hydrogens is 344 g/mol. The third-order valence-corrected chi connectivity index (χ3v) is 3.85. The molecule has 0 aliphatic rings. The predicted molar refractivity (Wildman–Crippen MR) is 96.0 cm³/mol. The molecule has 3 aromatic rings. The van der Waals surface area contributed by atoms with Crippen LogP contribution in [0.1, 0.15) is 10.5 Å². The summed E-state index contributed by atoms with van der Waals surface area (Å²) >= 11 is 6.28. The third-order valence-electron chi connectivity index (χ3n) is 3.54. The maximum absolute atomic E-state index is 12.3. The standard InChI is InChI=1S/C16H15ClN6O2/c1-23(16(19)20)15(24)13-7-10-11(17)5-9(6-12(10)22-13)25-14-4-8(18)2-3-21-14/h2-7,22H,1H3,(H2,18,21)(H3,19,20). The van der Waals surface area contributed by atoms with E-state index in [0.717, 1.165) is 4.90 Å². The molecule has 1 aromatic carbocycles. The molecule has 25 heavy (non-hydrogen) atoms. The topological polar surface area (TPSA) is 134 Å². The minimum atomic E-state index is -0.445. The lowest BCUT2D eigenvalue weighted by Crippen LogP contribution is -2.38. The Morgan fingerprint density at radius 3 is 2.80 bits per heavy atom. The van der Waals surface area contributed by atoms with Crippen LogP contribution in [0.4, 0.5) is 5.69 Å². The summed E-state index contributed by atoms with van der Waals surface area (Å²) in [5, 5.41) is 8.39. The Bertz CT molecular complexity index is 984. The van der Waals surface area contributed by atoms with Crippen molar-refractivity contribution in [2.24, 2.45) is 5.73 Å². The minimum Gasteiger partial charge on any atom is -0.439 e. The summed E-state index contributed by atoms with van der Waals surface area (Å²) in [5.41, 5.74) is 12.4. The van der Waals surface area contributed by atoms with Gasteiger partial charge in [-0.05, 0) is 12.1 Å². The zero-order chi connectivity index (χ0) is 18.1. The highest BCUT2D eigenvalue weighted by Gasteiger charge is 2.18. The molecule has 0 spiro atoms. The molecule has 0 atom stereocenters. The number of ether oxygens (including phenoxy) is 1. The first-order valence-corrected chi connectivity index (χ1v) is 7.56. The minimum absolute atomic E-state index is 0.258. The molecule has 2 heterocycles. The average molecular weight is 359 g/mol. The summed E-state index contributed by atoms with van der Waals surface area (Å²) in [6, 6.07) is 8.14. The molecule has 2 aromatic heterocycles. The Labute approximate surface area is 147 Å². The van der Waals surface area contributed by atoms with Gasteiger partial charge in [0.2, 0.25) is 5.88 Å². The van der Waals surface area contributed by atoms with Crippen LogP contribution in [-0.4, -0.2) is 33.8 Å². The van der Waals surface area contributed by atoms with Crippen molar-refractivity contribution in [2.75, 3.05) is 12.8 Å². The number of benzene rings is 1. The molecular formula is C16H15ClN6O2. The van der Waals surface area contributed by atoms with Gasteiger partial charge < -0.3 is 21.2 Å². The number of pyridine rings is 1. The highest BCUT2D eigenvalue weighted by Crippen LogP contribution is 2.32. The zero-order valence-corrected chi connectivity index (χ0v) is 14.0. The number of aromatic nitrogens is 2. The number of nitrogen functional groups attached to an aromatic ring is 1. The SMILES string of the molecule is CN(C(=N)N)C(=O)c1cc2c(Cl)cc(Oc3cc(N)ccn3)cc2[nH]1. The third kappa shape index (κ3) is 3.33. The van der Waals surface area contributed by atoms with Gasteiger partial charge in [0.1, 0.15) is 11.4 Å². The number of halogens is 1. The van der Waals surface area contributed by atoms with Gasteiger partial charge in [-0.1, -0.05) is 11.6 Å². The summed E-state index contributed by atoms with van der Waals surface area (Å²) in [4.78, 5) is 20.3. The van der Waals surface area contributed by atoms with Crippen LogP contribution in [0.15, 0.2) is 36.5 Å². The van der Waals surface area contributed by atoms with E-state index >= 15 is 0 Å². The van der Waals surface area contributed by atoms with Crippen LogP contribution in [0, 0.1) is 5.41 Å². The molecule has 0 aliphatic carbocycles. The number of rotatable bonds is 3. The smallest absolute Gasteiger partial charge is 0.276 e. The number of nitrogens with two attached hydrogens (primary N) is 2. The number of guanidine groups is 1. The lowest BCUT2D eigenvalue weighted by molar-refractivity contribution is 0.0864. The first-order chi connectivity index (χ1) is 11.8. The molecule has 1 amide bonds. The van der Waals surface area contributed by atoms with E-state index in [-0.39, 0.29) is 11.7 Å². The number of fused-ring (bicyclic) bond motifs is 1. The van der Waals surface area contributed by atoms with Crippen LogP contribution in [0.5, 0.6) is 11.6 Å². The van der Waals surface area contributed by atoms with Gasteiger partial charge in [0.25, 0.3) is 5.91 Å². The number of nitrogens with zero attached hydrogens (tertiary/aromatic N) is 2. The summed E-state index contributed by atoms with van der Waals surface area (Å²) in [6.07, 6.45) is 1.54. The summed E-state index contributed by atoms with van der Waals surface area (Å²) in [7, 11) is 1.41. The fourth-order valence-electron chi connectivity index (χ4n) is 2.23. The van der Waals surface area contributed by atoms with Crippen molar-refractivity contribution in [1.29, 1.82) is 5.41 Å². The van der Waals surface area contributed by atoms with Gasteiger partial charge >= 0.3 is 0 Å². The number of anilines is 1. The van der Waals surface area contributed by atoms with E-state index in [1.165, 1.54) is 13.2 Å². The maximum atomic E-state index is 12.3. The number of amides is 1. The van der Waals surface area contributed by atoms with Gasteiger partial charge in [0.15, 0.2) is 5.96 Å². The van der Waals surface area contributed by atoms with Crippen molar-refractivity contribution in [3.8, 4) is 11.6 Å². The summed E-state index contributed by atoms with van der Waals surface area (Å²) in [6.45, 7) is 0. The molecule has 0 saturated carbocycles. The number of hydrogen-bond acceptors (Lipinski definition) is 5. The van der Waals surface area contributed by atoms with Crippen LogP contribution in [0.2, 0.25) is 5.02 Å². The van der Waals surface area contributed by atoms with Crippen LogP contribution in [-0.2, 0) is 0 Å². The van der Waals surface area contributed by atoms with Crippen molar-refractivity contribution in [3.05, 3.63) is 47.2 Å². The first-order valence-electron chi connectivity index (χ1n) is 7.19. The molecule has 9 heteroatoms. The fraction of sp³-hybridized carbons (Fsp3) is 0.0625. The maximum Gasteiger partial charge on any atom is 0.276 e. The normalized spacial score (nSPS) is 10.6. The number of hydrogen-bond donors (Lipinski definition) is 4. The van der Waals surface area contributed by atoms with Crippen LogP contribution in [0.3, 0.4) is 0 Å². The van der Waals surface area contributed by atoms with Crippen molar-refractivity contribution in [2.45, 2.75) is 0 Å². The van der Waals surface area contributed by atoms with Crippen molar-refractivity contribution >= 4 is 40.1 Å².